The highest BCUT2D eigenvalue weighted by Gasteiger charge is 2.53. The molecule has 0 radical (unpaired) electrons. The highest BCUT2D eigenvalue weighted by Crippen LogP contribution is 2.47. The molecule has 0 bridgehead atoms. The number of benzene rings is 2. The standard InChI is InChI=1S/C27H30N2O2/c1-3-9-20(10-4-1)17-22-26(13-7-14-26)30-24(28-22)19-25-29-23(27(31-25)15-8-16-27)18-21-11-5-2-6-12-21/h1-6,9-12,22-23H,7-8,13-19H2/t22-,23-/m0/s1. The van der Waals surface area contributed by atoms with Crippen LogP contribution in [0.15, 0.2) is 70.6 Å². The monoisotopic (exact) mass is 414 g/mol. The molecule has 2 atom stereocenters. The summed E-state index contributed by atoms with van der Waals surface area (Å²) in [5.74, 6) is 1.66. The van der Waals surface area contributed by atoms with Gasteiger partial charge in [-0.15, -0.1) is 0 Å². The Hall–Kier alpha value is -2.62. The van der Waals surface area contributed by atoms with Crippen molar-refractivity contribution in [3.05, 3.63) is 71.8 Å². The van der Waals surface area contributed by atoms with Crippen molar-refractivity contribution in [2.45, 2.75) is 81.1 Å². The Kier molecular flexibility index (Phi) is 4.62. The molecule has 2 aliphatic heterocycles. The summed E-state index contributed by atoms with van der Waals surface area (Å²) in [7, 11) is 0. The van der Waals surface area contributed by atoms with Gasteiger partial charge in [-0.25, -0.2) is 9.98 Å². The predicted molar refractivity (Wildman–Crippen MR) is 123 cm³/mol. The van der Waals surface area contributed by atoms with Crippen LogP contribution in [0.25, 0.3) is 0 Å². The number of rotatable bonds is 6. The molecule has 2 saturated carbocycles. The molecule has 2 aromatic carbocycles. The fourth-order valence-corrected chi connectivity index (χ4v) is 5.59. The molecule has 160 valence electrons. The first kappa shape index (κ1) is 19.1. The van der Waals surface area contributed by atoms with Gasteiger partial charge in [0.2, 0.25) is 0 Å². The van der Waals surface area contributed by atoms with E-state index in [1.807, 2.05) is 0 Å². The van der Waals surface area contributed by atoms with Crippen molar-refractivity contribution in [2.24, 2.45) is 9.98 Å². The minimum atomic E-state index is -0.0953. The van der Waals surface area contributed by atoms with Crippen molar-refractivity contribution < 1.29 is 9.47 Å². The van der Waals surface area contributed by atoms with Gasteiger partial charge in [-0.1, -0.05) is 60.7 Å². The first-order chi connectivity index (χ1) is 15.2. The third-order valence-electron chi connectivity index (χ3n) is 7.70. The highest BCUT2D eigenvalue weighted by atomic mass is 16.5. The molecular formula is C27H30N2O2. The Morgan fingerprint density at radius 2 is 1.06 bits per heavy atom. The van der Waals surface area contributed by atoms with E-state index in [2.05, 4.69) is 60.7 Å². The molecule has 0 saturated heterocycles. The number of hydrogen-bond acceptors (Lipinski definition) is 4. The number of aliphatic imine (C=N–C) groups is 2. The molecule has 2 aliphatic carbocycles. The van der Waals surface area contributed by atoms with Crippen LogP contribution in [0.3, 0.4) is 0 Å². The molecule has 2 fully saturated rings. The summed E-state index contributed by atoms with van der Waals surface area (Å²) < 4.78 is 13.0. The Morgan fingerprint density at radius 1 is 0.645 bits per heavy atom. The lowest BCUT2D eigenvalue weighted by atomic mass is 9.73. The SMILES string of the molecule is c1ccc(C[C@@H]2N=C(CC3=N[C@@H](Cc4ccccc4)C4(CCC4)O3)OC23CCC3)cc1. The number of nitrogens with zero attached hydrogens (tertiary/aromatic N) is 2. The van der Waals surface area contributed by atoms with Gasteiger partial charge in [-0.05, 0) is 62.5 Å². The topological polar surface area (TPSA) is 43.2 Å². The second kappa shape index (κ2) is 7.51. The van der Waals surface area contributed by atoms with Gasteiger partial charge in [0.25, 0.3) is 0 Å². The predicted octanol–water partition coefficient (Wildman–Crippen LogP) is 5.30. The molecule has 4 nitrogen and oxygen atoms in total. The van der Waals surface area contributed by atoms with Crippen molar-refractivity contribution in [1.82, 2.24) is 0 Å². The maximum Gasteiger partial charge on any atom is 0.193 e. The van der Waals surface area contributed by atoms with E-state index in [0.29, 0.717) is 6.42 Å². The third kappa shape index (κ3) is 3.46. The fourth-order valence-electron chi connectivity index (χ4n) is 5.59. The molecule has 31 heavy (non-hydrogen) atoms. The summed E-state index contributed by atoms with van der Waals surface area (Å²) >= 11 is 0. The first-order valence-electron chi connectivity index (χ1n) is 11.8. The fraction of sp³-hybridized carbons (Fsp3) is 0.481. The second-order valence-corrected chi connectivity index (χ2v) is 9.67. The molecule has 0 amide bonds. The number of hydrogen-bond donors (Lipinski definition) is 0. The molecule has 2 aromatic rings. The van der Waals surface area contributed by atoms with E-state index in [-0.39, 0.29) is 23.3 Å². The summed E-state index contributed by atoms with van der Waals surface area (Å²) in [5.41, 5.74) is 2.47. The lowest BCUT2D eigenvalue weighted by Gasteiger charge is -2.41. The van der Waals surface area contributed by atoms with Crippen LogP contribution >= 0.6 is 0 Å². The summed E-state index contributed by atoms with van der Waals surface area (Å²) in [4.78, 5) is 10.1. The largest absolute Gasteiger partial charge is 0.472 e. The third-order valence-corrected chi connectivity index (χ3v) is 7.70. The van der Waals surface area contributed by atoms with Crippen molar-refractivity contribution >= 4 is 11.8 Å². The van der Waals surface area contributed by atoms with Gasteiger partial charge in [0, 0.05) is 0 Å². The van der Waals surface area contributed by atoms with E-state index in [4.69, 9.17) is 19.5 Å². The molecule has 2 spiro atoms. The van der Waals surface area contributed by atoms with Gasteiger partial charge in [0.15, 0.2) is 11.8 Å². The van der Waals surface area contributed by atoms with Crippen LogP contribution in [0.4, 0.5) is 0 Å². The van der Waals surface area contributed by atoms with Crippen LogP contribution in [0.1, 0.15) is 56.1 Å². The smallest absolute Gasteiger partial charge is 0.193 e. The summed E-state index contributed by atoms with van der Waals surface area (Å²) in [6.45, 7) is 0. The van der Waals surface area contributed by atoms with Gasteiger partial charge in [0.05, 0.1) is 18.5 Å². The molecule has 4 heteroatoms. The van der Waals surface area contributed by atoms with Gasteiger partial charge in [0.1, 0.15) is 11.2 Å². The van der Waals surface area contributed by atoms with Crippen LogP contribution in [0.5, 0.6) is 0 Å². The van der Waals surface area contributed by atoms with Crippen LogP contribution < -0.4 is 0 Å². The molecule has 0 unspecified atom stereocenters. The molecule has 0 aromatic heterocycles. The van der Waals surface area contributed by atoms with E-state index in [1.54, 1.807) is 0 Å². The van der Waals surface area contributed by atoms with Gasteiger partial charge >= 0.3 is 0 Å². The summed E-state index contributed by atoms with van der Waals surface area (Å²) in [6, 6.07) is 21.8. The van der Waals surface area contributed by atoms with Crippen LogP contribution in [-0.4, -0.2) is 35.1 Å². The average Bonchev–Trinajstić information content (AvgIpc) is 3.28. The van der Waals surface area contributed by atoms with Gasteiger partial charge in [-0.2, -0.15) is 0 Å². The normalized spacial score (nSPS) is 27.1. The Morgan fingerprint density at radius 3 is 1.42 bits per heavy atom. The molecule has 0 N–H and O–H groups in total. The van der Waals surface area contributed by atoms with Crippen LogP contribution in [0, 0.1) is 0 Å². The second-order valence-electron chi connectivity index (χ2n) is 9.67. The van der Waals surface area contributed by atoms with Gasteiger partial charge < -0.3 is 9.47 Å². The van der Waals surface area contributed by atoms with Crippen molar-refractivity contribution in [1.29, 1.82) is 0 Å². The van der Waals surface area contributed by atoms with Crippen molar-refractivity contribution in [3.63, 3.8) is 0 Å². The minimum Gasteiger partial charge on any atom is -0.472 e. The molecule has 4 aliphatic rings. The summed E-state index contributed by atoms with van der Waals surface area (Å²) in [5, 5.41) is 0. The zero-order valence-electron chi connectivity index (χ0n) is 18.0. The summed E-state index contributed by atoms with van der Waals surface area (Å²) in [6.07, 6.45) is 9.35. The Labute approximate surface area is 184 Å². The van der Waals surface area contributed by atoms with Crippen molar-refractivity contribution in [2.75, 3.05) is 0 Å². The Balaban J connectivity index is 1.19. The molecular weight excluding hydrogens is 384 g/mol. The van der Waals surface area contributed by atoms with E-state index < -0.39 is 0 Å². The first-order valence-corrected chi connectivity index (χ1v) is 11.8. The lowest BCUT2D eigenvalue weighted by molar-refractivity contribution is -0.0252. The number of ether oxygens (including phenoxy) is 2. The zero-order valence-corrected chi connectivity index (χ0v) is 18.0. The zero-order chi connectivity index (χ0) is 20.7. The average molecular weight is 415 g/mol. The van der Waals surface area contributed by atoms with E-state index in [0.717, 1.165) is 50.3 Å². The quantitative estimate of drug-likeness (QED) is 0.644. The van der Waals surface area contributed by atoms with E-state index in [9.17, 15) is 0 Å². The molecule has 6 rings (SSSR count). The Bertz CT molecular complexity index is 909. The molecule has 2 heterocycles. The highest BCUT2D eigenvalue weighted by molar-refractivity contribution is 5.99. The van der Waals surface area contributed by atoms with Crippen LogP contribution in [-0.2, 0) is 22.3 Å². The van der Waals surface area contributed by atoms with E-state index >= 15 is 0 Å². The maximum absolute atomic E-state index is 6.49. The van der Waals surface area contributed by atoms with E-state index in [1.165, 1.54) is 24.0 Å². The maximum atomic E-state index is 6.49. The minimum absolute atomic E-state index is 0.0953. The lowest BCUT2D eigenvalue weighted by Crippen LogP contribution is -2.48. The van der Waals surface area contributed by atoms with Crippen molar-refractivity contribution in [3.8, 4) is 0 Å². The van der Waals surface area contributed by atoms with Crippen LogP contribution in [0.2, 0.25) is 0 Å². The van der Waals surface area contributed by atoms with Gasteiger partial charge in [-0.3, -0.25) is 0 Å².